The van der Waals surface area contributed by atoms with E-state index in [-0.39, 0.29) is 0 Å². The fourth-order valence-electron chi connectivity index (χ4n) is 2.76. The van der Waals surface area contributed by atoms with E-state index in [0.29, 0.717) is 17.3 Å². The number of hydrogen-bond donors (Lipinski definition) is 1. The summed E-state index contributed by atoms with van der Waals surface area (Å²) in [5.74, 6) is 1.28. The van der Waals surface area contributed by atoms with E-state index >= 15 is 0 Å². The molecule has 0 aliphatic heterocycles. The van der Waals surface area contributed by atoms with Crippen molar-refractivity contribution < 1.29 is 0 Å². The standard InChI is InChI=1S/C13H18BrN/c1-8-9(5-4-6-11(8)14)12-10(7-15)13(12,2)3/h4-6,10,12H,7,15H2,1-3H3. The third-order valence-electron chi connectivity index (χ3n) is 3.95. The number of benzene rings is 1. The van der Waals surface area contributed by atoms with Crippen LogP contribution in [0, 0.1) is 18.3 Å². The van der Waals surface area contributed by atoms with Crippen molar-refractivity contribution in [2.45, 2.75) is 26.7 Å². The summed E-state index contributed by atoms with van der Waals surface area (Å²) in [5, 5.41) is 0. The predicted octanol–water partition coefficient (Wildman–Crippen LogP) is 3.46. The molecule has 1 fully saturated rings. The first kappa shape index (κ1) is 11.2. The first-order chi connectivity index (χ1) is 7.00. The molecule has 1 aromatic carbocycles. The van der Waals surface area contributed by atoms with Crippen LogP contribution in [0.25, 0.3) is 0 Å². The van der Waals surface area contributed by atoms with Crippen LogP contribution in [0.4, 0.5) is 0 Å². The maximum absolute atomic E-state index is 5.81. The molecule has 0 bridgehead atoms. The van der Waals surface area contributed by atoms with E-state index < -0.39 is 0 Å². The number of rotatable bonds is 2. The summed E-state index contributed by atoms with van der Waals surface area (Å²) in [6.45, 7) is 7.61. The Kier molecular flexibility index (Phi) is 2.68. The zero-order valence-corrected chi connectivity index (χ0v) is 11.1. The van der Waals surface area contributed by atoms with Crippen LogP contribution in [0.5, 0.6) is 0 Å². The molecule has 2 rings (SSSR count). The van der Waals surface area contributed by atoms with Crippen LogP contribution in [0.2, 0.25) is 0 Å². The summed E-state index contributed by atoms with van der Waals surface area (Å²) < 4.78 is 1.21. The van der Waals surface area contributed by atoms with Gasteiger partial charge in [-0.25, -0.2) is 0 Å². The van der Waals surface area contributed by atoms with Gasteiger partial charge >= 0.3 is 0 Å². The minimum Gasteiger partial charge on any atom is -0.330 e. The van der Waals surface area contributed by atoms with Gasteiger partial charge in [-0.1, -0.05) is 41.9 Å². The van der Waals surface area contributed by atoms with Gasteiger partial charge in [-0.2, -0.15) is 0 Å². The molecule has 0 aromatic heterocycles. The van der Waals surface area contributed by atoms with E-state index in [1.54, 1.807) is 0 Å². The van der Waals surface area contributed by atoms with Crippen molar-refractivity contribution in [2.75, 3.05) is 6.54 Å². The molecule has 2 N–H and O–H groups in total. The summed E-state index contributed by atoms with van der Waals surface area (Å²) in [6.07, 6.45) is 0. The summed E-state index contributed by atoms with van der Waals surface area (Å²) in [5.41, 5.74) is 9.02. The van der Waals surface area contributed by atoms with Crippen LogP contribution in [0.1, 0.15) is 30.9 Å². The summed E-state index contributed by atoms with van der Waals surface area (Å²) >= 11 is 3.59. The fraction of sp³-hybridized carbons (Fsp3) is 0.538. The first-order valence-corrected chi connectivity index (χ1v) is 6.24. The van der Waals surface area contributed by atoms with Crippen molar-refractivity contribution in [3.8, 4) is 0 Å². The molecule has 0 amide bonds. The van der Waals surface area contributed by atoms with Gasteiger partial charge in [0, 0.05) is 4.47 Å². The summed E-state index contributed by atoms with van der Waals surface area (Å²) in [7, 11) is 0. The Balaban J connectivity index is 2.37. The lowest BCUT2D eigenvalue weighted by atomic mass is 9.99. The van der Waals surface area contributed by atoms with Crippen LogP contribution in [-0.2, 0) is 0 Å². The lowest BCUT2D eigenvalue weighted by Crippen LogP contribution is -2.05. The van der Waals surface area contributed by atoms with E-state index in [4.69, 9.17) is 5.73 Å². The summed E-state index contributed by atoms with van der Waals surface area (Å²) in [4.78, 5) is 0. The van der Waals surface area contributed by atoms with Gasteiger partial charge in [-0.15, -0.1) is 0 Å². The first-order valence-electron chi connectivity index (χ1n) is 5.45. The van der Waals surface area contributed by atoms with Crippen LogP contribution in [0.15, 0.2) is 22.7 Å². The zero-order valence-electron chi connectivity index (χ0n) is 9.55. The van der Waals surface area contributed by atoms with Crippen molar-refractivity contribution >= 4 is 15.9 Å². The Hall–Kier alpha value is -0.340. The fourth-order valence-corrected chi connectivity index (χ4v) is 3.14. The molecular formula is C13H18BrN. The normalized spacial score (nSPS) is 27.8. The molecule has 2 unspecified atom stereocenters. The Morgan fingerprint density at radius 1 is 1.40 bits per heavy atom. The average Bonchev–Trinajstić information content (AvgIpc) is 2.73. The van der Waals surface area contributed by atoms with Gasteiger partial charge in [0.2, 0.25) is 0 Å². The van der Waals surface area contributed by atoms with Crippen LogP contribution in [0.3, 0.4) is 0 Å². The molecule has 1 aliphatic carbocycles. The van der Waals surface area contributed by atoms with Crippen molar-refractivity contribution in [2.24, 2.45) is 17.1 Å². The van der Waals surface area contributed by atoms with Crippen molar-refractivity contribution in [1.82, 2.24) is 0 Å². The van der Waals surface area contributed by atoms with Crippen molar-refractivity contribution in [1.29, 1.82) is 0 Å². The zero-order chi connectivity index (χ0) is 11.2. The Morgan fingerprint density at radius 3 is 2.60 bits per heavy atom. The molecule has 15 heavy (non-hydrogen) atoms. The molecule has 1 saturated carbocycles. The lowest BCUT2D eigenvalue weighted by molar-refractivity contribution is 0.558. The predicted molar refractivity (Wildman–Crippen MR) is 67.9 cm³/mol. The maximum Gasteiger partial charge on any atom is 0.0207 e. The molecule has 1 aliphatic rings. The lowest BCUT2D eigenvalue weighted by Gasteiger charge is -2.08. The highest BCUT2D eigenvalue weighted by atomic mass is 79.9. The van der Waals surface area contributed by atoms with Gasteiger partial charge in [0.15, 0.2) is 0 Å². The molecule has 0 spiro atoms. The molecule has 2 atom stereocenters. The SMILES string of the molecule is Cc1c(Br)cccc1C1C(CN)C1(C)C. The third-order valence-corrected chi connectivity index (χ3v) is 4.81. The van der Waals surface area contributed by atoms with E-state index in [9.17, 15) is 0 Å². The second-order valence-corrected chi connectivity index (χ2v) is 5.95. The van der Waals surface area contributed by atoms with Gasteiger partial charge in [-0.3, -0.25) is 0 Å². The van der Waals surface area contributed by atoms with Gasteiger partial charge in [0.25, 0.3) is 0 Å². The molecule has 82 valence electrons. The molecule has 0 radical (unpaired) electrons. The van der Waals surface area contributed by atoms with Gasteiger partial charge in [-0.05, 0) is 47.9 Å². The smallest absolute Gasteiger partial charge is 0.0207 e. The molecule has 2 heteroatoms. The van der Waals surface area contributed by atoms with E-state index in [1.165, 1.54) is 15.6 Å². The van der Waals surface area contributed by atoms with Gasteiger partial charge in [0.1, 0.15) is 0 Å². The molecule has 0 heterocycles. The second kappa shape index (κ2) is 3.60. The number of halogens is 1. The minimum absolute atomic E-state index is 0.375. The van der Waals surface area contributed by atoms with Crippen LogP contribution in [-0.4, -0.2) is 6.54 Å². The number of nitrogens with two attached hydrogens (primary N) is 1. The highest BCUT2D eigenvalue weighted by molar-refractivity contribution is 9.10. The topological polar surface area (TPSA) is 26.0 Å². The molecule has 1 nitrogen and oxygen atoms in total. The second-order valence-electron chi connectivity index (χ2n) is 5.10. The largest absolute Gasteiger partial charge is 0.330 e. The maximum atomic E-state index is 5.81. The van der Waals surface area contributed by atoms with Crippen molar-refractivity contribution in [3.63, 3.8) is 0 Å². The summed E-state index contributed by atoms with van der Waals surface area (Å²) in [6, 6.07) is 6.46. The van der Waals surface area contributed by atoms with E-state index in [2.05, 4.69) is 54.9 Å². The van der Waals surface area contributed by atoms with Gasteiger partial charge < -0.3 is 5.73 Å². The quantitative estimate of drug-likeness (QED) is 0.873. The molecular weight excluding hydrogens is 250 g/mol. The Bertz CT molecular complexity index is 384. The molecule has 1 aromatic rings. The Morgan fingerprint density at radius 2 is 2.07 bits per heavy atom. The Labute approximate surface area is 100 Å². The minimum atomic E-state index is 0.375. The monoisotopic (exact) mass is 267 g/mol. The highest BCUT2D eigenvalue weighted by Gasteiger charge is 2.57. The third kappa shape index (κ3) is 1.64. The molecule has 0 saturated heterocycles. The van der Waals surface area contributed by atoms with E-state index in [1.807, 2.05) is 0 Å². The van der Waals surface area contributed by atoms with Crippen LogP contribution < -0.4 is 5.73 Å². The van der Waals surface area contributed by atoms with Gasteiger partial charge in [0.05, 0.1) is 0 Å². The highest BCUT2D eigenvalue weighted by Crippen LogP contribution is 2.64. The van der Waals surface area contributed by atoms with E-state index in [0.717, 1.165) is 6.54 Å². The van der Waals surface area contributed by atoms with Crippen LogP contribution >= 0.6 is 15.9 Å². The van der Waals surface area contributed by atoms with Crippen molar-refractivity contribution in [3.05, 3.63) is 33.8 Å². The number of hydrogen-bond acceptors (Lipinski definition) is 1. The average molecular weight is 268 g/mol.